The van der Waals surface area contributed by atoms with Gasteiger partial charge in [-0.05, 0) is 37.3 Å². The highest BCUT2D eigenvalue weighted by atomic mass is 16.3. The molecule has 23 heavy (non-hydrogen) atoms. The van der Waals surface area contributed by atoms with Crippen LogP contribution in [0, 0.1) is 11.8 Å². The van der Waals surface area contributed by atoms with E-state index in [2.05, 4.69) is 53.8 Å². The van der Waals surface area contributed by atoms with Crippen LogP contribution < -0.4 is 0 Å². The van der Waals surface area contributed by atoms with Gasteiger partial charge in [0.05, 0.1) is 6.04 Å². The summed E-state index contributed by atoms with van der Waals surface area (Å²) in [6.45, 7) is 3.56. The summed E-state index contributed by atoms with van der Waals surface area (Å²) in [5.41, 5.74) is 5.96. The van der Waals surface area contributed by atoms with Crippen LogP contribution in [-0.2, 0) is 13.5 Å². The molecule has 1 aromatic heterocycles. The Labute approximate surface area is 137 Å². The van der Waals surface area contributed by atoms with E-state index in [0.29, 0.717) is 30.5 Å². The van der Waals surface area contributed by atoms with Crippen molar-refractivity contribution in [1.29, 1.82) is 0 Å². The molecule has 120 valence electrons. The van der Waals surface area contributed by atoms with E-state index in [-0.39, 0.29) is 0 Å². The zero-order valence-corrected chi connectivity index (χ0v) is 13.9. The van der Waals surface area contributed by atoms with Crippen LogP contribution in [0.4, 0.5) is 0 Å². The predicted molar refractivity (Wildman–Crippen MR) is 92.3 cm³/mol. The summed E-state index contributed by atoms with van der Waals surface area (Å²) >= 11 is 0. The number of benzene rings is 1. The van der Waals surface area contributed by atoms with Gasteiger partial charge in [0.15, 0.2) is 0 Å². The number of allylic oxidation sites excluding steroid dienone is 1. The number of aliphatic hydroxyl groups is 1. The Morgan fingerprint density at radius 1 is 1.30 bits per heavy atom. The van der Waals surface area contributed by atoms with Gasteiger partial charge in [-0.2, -0.15) is 0 Å². The summed E-state index contributed by atoms with van der Waals surface area (Å²) in [6, 6.07) is 9.84. The van der Waals surface area contributed by atoms with Crippen LogP contribution in [0.25, 0.3) is 10.9 Å². The van der Waals surface area contributed by atoms with Gasteiger partial charge in [0.2, 0.25) is 0 Å². The van der Waals surface area contributed by atoms with E-state index in [9.17, 15) is 5.11 Å². The minimum atomic E-state index is 0.315. The Morgan fingerprint density at radius 3 is 2.91 bits per heavy atom. The number of aryl methyl sites for hydroxylation is 1. The molecule has 3 fully saturated rings. The number of aliphatic hydroxyl groups excluding tert-OH is 1. The van der Waals surface area contributed by atoms with Crippen LogP contribution >= 0.6 is 0 Å². The molecule has 1 unspecified atom stereocenters. The second-order valence-corrected chi connectivity index (χ2v) is 7.45. The second-order valence-electron chi connectivity index (χ2n) is 7.45. The molecule has 6 rings (SSSR count). The Bertz CT molecular complexity index is 818. The highest BCUT2D eigenvalue weighted by Crippen LogP contribution is 2.54. The highest BCUT2D eigenvalue weighted by molar-refractivity contribution is 5.86. The molecular weight excluding hydrogens is 284 g/mol. The van der Waals surface area contributed by atoms with Gasteiger partial charge in [-0.25, -0.2) is 0 Å². The molecule has 4 aliphatic heterocycles. The average Bonchev–Trinajstić information content (AvgIpc) is 2.87. The Morgan fingerprint density at radius 2 is 2.13 bits per heavy atom. The topological polar surface area (TPSA) is 28.4 Å². The standard InChI is InChI=1S/C20H24N2O/c1-3-12-10-22-18-9-15-13-6-4-5-7-17(13)21(2)20(15)19(22)8-14(12)16(18)11-23/h3-7,14,16,18-19,23H,8-11H2,1-2H3/b12-3-/t14-,16-,18+,19+/m1/s1. The molecule has 3 nitrogen and oxygen atoms in total. The average molecular weight is 308 g/mol. The van der Waals surface area contributed by atoms with E-state index in [1.54, 1.807) is 5.57 Å². The fourth-order valence-electron chi connectivity index (χ4n) is 5.71. The van der Waals surface area contributed by atoms with Crippen LogP contribution in [0.1, 0.15) is 30.6 Å². The third-order valence-corrected chi connectivity index (χ3v) is 6.73. The van der Waals surface area contributed by atoms with Crippen LogP contribution in [0.2, 0.25) is 0 Å². The van der Waals surface area contributed by atoms with E-state index < -0.39 is 0 Å². The Balaban J connectivity index is 1.72. The smallest absolute Gasteiger partial charge is 0.0515 e. The zero-order chi connectivity index (χ0) is 15.7. The first-order chi connectivity index (χ1) is 11.2. The van der Waals surface area contributed by atoms with Crippen molar-refractivity contribution in [2.45, 2.75) is 31.8 Å². The van der Waals surface area contributed by atoms with E-state index in [1.807, 2.05) is 0 Å². The fourth-order valence-corrected chi connectivity index (χ4v) is 5.71. The molecule has 5 atom stereocenters. The van der Waals surface area contributed by atoms with Crippen molar-refractivity contribution in [1.82, 2.24) is 9.47 Å². The largest absolute Gasteiger partial charge is 0.396 e. The predicted octanol–water partition coefficient (Wildman–Crippen LogP) is 3.03. The normalized spacial score (nSPS) is 36.7. The number of aromatic nitrogens is 1. The van der Waals surface area contributed by atoms with Gasteiger partial charge < -0.3 is 9.67 Å². The molecule has 3 heteroatoms. The molecule has 0 spiro atoms. The fraction of sp³-hybridized carbons (Fsp3) is 0.500. The first-order valence-corrected chi connectivity index (χ1v) is 8.82. The molecule has 0 radical (unpaired) electrons. The van der Waals surface area contributed by atoms with Gasteiger partial charge in [0.1, 0.15) is 0 Å². The number of hydrogen-bond donors (Lipinski definition) is 1. The van der Waals surface area contributed by atoms with E-state index in [4.69, 9.17) is 0 Å². The Hall–Kier alpha value is -1.58. The van der Waals surface area contributed by atoms with E-state index >= 15 is 0 Å². The molecule has 1 N–H and O–H groups in total. The molecule has 0 saturated carbocycles. The number of piperidine rings is 3. The zero-order valence-electron chi connectivity index (χ0n) is 13.9. The molecule has 0 amide bonds. The summed E-state index contributed by atoms with van der Waals surface area (Å²) in [6.07, 6.45) is 4.54. The summed E-state index contributed by atoms with van der Waals surface area (Å²) in [5.74, 6) is 0.967. The van der Waals surface area contributed by atoms with Crippen LogP contribution in [0.15, 0.2) is 35.9 Å². The monoisotopic (exact) mass is 308 g/mol. The lowest BCUT2D eigenvalue weighted by molar-refractivity contribution is -0.0513. The van der Waals surface area contributed by atoms with Gasteiger partial charge in [-0.3, -0.25) is 4.90 Å². The second kappa shape index (κ2) is 4.71. The van der Waals surface area contributed by atoms with E-state index in [0.717, 1.165) is 13.0 Å². The summed E-state index contributed by atoms with van der Waals surface area (Å²) in [5, 5.41) is 11.5. The summed E-state index contributed by atoms with van der Waals surface area (Å²) in [7, 11) is 2.23. The molecule has 2 aromatic rings. The van der Waals surface area contributed by atoms with Gasteiger partial charge in [-0.15, -0.1) is 0 Å². The van der Waals surface area contributed by atoms with Gasteiger partial charge >= 0.3 is 0 Å². The van der Waals surface area contributed by atoms with Crippen molar-refractivity contribution in [3.8, 4) is 0 Å². The quantitative estimate of drug-likeness (QED) is 0.820. The lowest BCUT2D eigenvalue weighted by atomic mass is 9.64. The SMILES string of the molecule is C/C=C1/CN2[C@H]3C[C@H]1[C@@H](CO)[C@@H]2Cc1c3n(C)c2ccccc12. The first-order valence-electron chi connectivity index (χ1n) is 8.82. The minimum absolute atomic E-state index is 0.315. The van der Waals surface area contributed by atoms with Gasteiger partial charge in [0, 0.05) is 48.8 Å². The van der Waals surface area contributed by atoms with Crippen molar-refractivity contribution in [3.63, 3.8) is 0 Å². The van der Waals surface area contributed by atoms with Crippen molar-refractivity contribution in [2.75, 3.05) is 13.2 Å². The van der Waals surface area contributed by atoms with Crippen molar-refractivity contribution in [3.05, 3.63) is 47.2 Å². The number of nitrogens with zero attached hydrogens (tertiary/aromatic N) is 2. The lowest BCUT2D eigenvalue weighted by Crippen LogP contribution is -2.61. The molecule has 4 aliphatic rings. The van der Waals surface area contributed by atoms with Gasteiger partial charge in [-0.1, -0.05) is 29.8 Å². The van der Waals surface area contributed by atoms with Crippen molar-refractivity contribution >= 4 is 10.9 Å². The molecule has 4 bridgehead atoms. The molecular formula is C20H24N2O. The van der Waals surface area contributed by atoms with Crippen LogP contribution in [-0.4, -0.2) is 33.8 Å². The number of fused-ring (bicyclic) bond motifs is 4. The maximum absolute atomic E-state index is 10.0. The third-order valence-electron chi connectivity index (χ3n) is 6.73. The van der Waals surface area contributed by atoms with E-state index in [1.165, 1.54) is 28.6 Å². The Kier molecular flexibility index (Phi) is 2.83. The lowest BCUT2D eigenvalue weighted by Gasteiger charge is -2.58. The molecule has 1 aromatic carbocycles. The maximum Gasteiger partial charge on any atom is 0.0515 e. The van der Waals surface area contributed by atoms with Crippen LogP contribution in [0.5, 0.6) is 0 Å². The van der Waals surface area contributed by atoms with Crippen molar-refractivity contribution in [2.24, 2.45) is 18.9 Å². The maximum atomic E-state index is 10.0. The van der Waals surface area contributed by atoms with Gasteiger partial charge in [0.25, 0.3) is 0 Å². The first kappa shape index (κ1) is 13.8. The molecule has 0 aliphatic carbocycles. The third kappa shape index (κ3) is 1.62. The minimum Gasteiger partial charge on any atom is -0.396 e. The summed E-state index contributed by atoms with van der Waals surface area (Å²) in [4.78, 5) is 2.68. The van der Waals surface area contributed by atoms with Crippen molar-refractivity contribution < 1.29 is 5.11 Å². The highest BCUT2D eigenvalue weighted by Gasteiger charge is 2.52. The van der Waals surface area contributed by atoms with Crippen LogP contribution in [0.3, 0.4) is 0 Å². The molecule has 5 heterocycles. The molecule has 3 saturated heterocycles. The number of rotatable bonds is 1. The summed E-state index contributed by atoms with van der Waals surface area (Å²) < 4.78 is 2.43. The number of para-hydroxylation sites is 1. The number of hydrogen-bond acceptors (Lipinski definition) is 2.